The zero-order valence-corrected chi connectivity index (χ0v) is 10.9. The minimum Gasteiger partial charge on any atom is -0.394 e. The van der Waals surface area contributed by atoms with Gasteiger partial charge in [0.05, 0.1) is 6.61 Å². The normalized spacial score (nSPS) is 12.7. The second-order valence-electron chi connectivity index (χ2n) is 4.71. The molecule has 1 amide bonds. The van der Waals surface area contributed by atoms with Crippen LogP contribution in [0.15, 0.2) is 18.2 Å². The molecule has 1 unspecified atom stereocenters. The molecular formula is C14H18N2O2. The number of carbonyl (C=O) groups excluding carboxylic acids is 1. The topological polar surface area (TPSA) is 65.1 Å². The number of aromatic amines is 1. The summed E-state index contributed by atoms with van der Waals surface area (Å²) in [5, 5.41) is 12.7. The van der Waals surface area contributed by atoms with Gasteiger partial charge in [0.1, 0.15) is 5.69 Å². The summed E-state index contributed by atoms with van der Waals surface area (Å²) in [6.07, 6.45) is 0. The molecule has 0 aliphatic heterocycles. The van der Waals surface area contributed by atoms with E-state index >= 15 is 0 Å². The molecule has 1 heterocycles. The third kappa shape index (κ3) is 2.24. The molecule has 18 heavy (non-hydrogen) atoms. The first kappa shape index (κ1) is 12.6. The molecule has 0 radical (unpaired) electrons. The number of aliphatic hydroxyl groups excluding tert-OH is 1. The van der Waals surface area contributed by atoms with Crippen molar-refractivity contribution in [3.63, 3.8) is 0 Å². The molecule has 1 aromatic carbocycles. The molecule has 1 atom stereocenters. The van der Waals surface area contributed by atoms with E-state index in [4.69, 9.17) is 5.11 Å². The van der Waals surface area contributed by atoms with Gasteiger partial charge in [-0.1, -0.05) is 6.07 Å². The fourth-order valence-corrected chi connectivity index (χ4v) is 1.93. The summed E-state index contributed by atoms with van der Waals surface area (Å²) >= 11 is 0. The van der Waals surface area contributed by atoms with E-state index in [-0.39, 0.29) is 18.6 Å². The van der Waals surface area contributed by atoms with Crippen molar-refractivity contribution in [2.75, 3.05) is 6.61 Å². The molecule has 3 N–H and O–H groups in total. The van der Waals surface area contributed by atoms with Crippen LogP contribution in [0.2, 0.25) is 0 Å². The van der Waals surface area contributed by atoms with E-state index in [9.17, 15) is 4.79 Å². The maximum atomic E-state index is 11.9. The first-order valence-corrected chi connectivity index (χ1v) is 6.03. The van der Waals surface area contributed by atoms with Gasteiger partial charge in [-0.05, 0) is 44.0 Å². The van der Waals surface area contributed by atoms with Gasteiger partial charge in [-0.3, -0.25) is 4.79 Å². The highest BCUT2D eigenvalue weighted by Gasteiger charge is 2.13. The molecule has 4 nitrogen and oxygen atoms in total. The van der Waals surface area contributed by atoms with E-state index < -0.39 is 0 Å². The van der Waals surface area contributed by atoms with Crippen LogP contribution < -0.4 is 5.32 Å². The molecule has 4 heteroatoms. The van der Waals surface area contributed by atoms with Gasteiger partial charge in [0.25, 0.3) is 5.91 Å². The highest BCUT2D eigenvalue weighted by Crippen LogP contribution is 2.22. The molecule has 2 aromatic rings. The number of aromatic nitrogens is 1. The van der Waals surface area contributed by atoms with Gasteiger partial charge in [0, 0.05) is 16.9 Å². The molecule has 0 spiro atoms. The first-order chi connectivity index (χ1) is 8.52. The third-order valence-electron chi connectivity index (χ3n) is 3.24. The van der Waals surface area contributed by atoms with Crippen LogP contribution in [0.4, 0.5) is 0 Å². The Bertz CT molecular complexity index is 587. The van der Waals surface area contributed by atoms with Crippen LogP contribution in [-0.4, -0.2) is 28.6 Å². The van der Waals surface area contributed by atoms with E-state index in [0.717, 1.165) is 10.9 Å². The summed E-state index contributed by atoms with van der Waals surface area (Å²) in [6, 6.07) is 5.62. The number of aryl methyl sites for hydroxylation is 2. The molecule has 0 saturated heterocycles. The Hall–Kier alpha value is -1.81. The molecule has 1 aromatic heterocycles. The van der Waals surface area contributed by atoms with Crippen molar-refractivity contribution >= 4 is 16.8 Å². The quantitative estimate of drug-likeness (QED) is 0.774. The standard InChI is InChI=1S/C14H18N2O2/c1-8-4-5-12-11(10(8)3)6-13(16-12)14(18)15-9(2)7-17/h4-6,9,16-17H,7H2,1-3H3,(H,15,18). The van der Waals surface area contributed by atoms with Crippen molar-refractivity contribution in [1.29, 1.82) is 0 Å². The predicted octanol–water partition coefficient (Wildman–Crippen LogP) is 1.90. The number of benzene rings is 1. The molecule has 0 fully saturated rings. The van der Waals surface area contributed by atoms with Crippen LogP contribution in [0.3, 0.4) is 0 Å². The maximum absolute atomic E-state index is 11.9. The second-order valence-corrected chi connectivity index (χ2v) is 4.71. The van der Waals surface area contributed by atoms with Crippen LogP contribution in [0.5, 0.6) is 0 Å². The zero-order chi connectivity index (χ0) is 13.3. The van der Waals surface area contributed by atoms with Crippen LogP contribution in [0, 0.1) is 13.8 Å². The van der Waals surface area contributed by atoms with Gasteiger partial charge in [-0.15, -0.1) is 0 Å². The van der Waals surface area contributed by atoms with Crippen molar-refractivity contribution in [2.45, 2.75) is 26.8 Å². The Morgan fingerprint density at radius 3 is 2.83 bits per heavy atom. The number of nitrogens with one attached hydrogen (secondary N) is 2. The summed E-state index contributed by atoms with van der Waals surface area (Å²) < 4.78 is 0. The number of rotatable bonds is 3. The second kappa shape index (κ2) is 4.82. The van der Waals surface area contributed by atoms with Crippen molar-refractivity contribution in [3.05, 3.63) is 35.0 Å². The number of aliphatic hydroxyl groups is 1. The average Bonchev–Trinajstić information content (AvgIpc) is 2.78. The number of amides is 1. The Kier molecular flexibility index (Phi) is 3.39. The third-order valence-corrected chi connectivity index (χ3v) is 3.24. The largest absolute Gasteiger partial charge is 0.394 e. The molecule has 96 valence electrons. The SMILES string of the molecule is Cc1ccc2[nH]c(C(=O)NC(C)CO)cc2c1C. The van der Waals surface area contributed by atoms with Gasteiger partial charge < -0.3 is 15.4 Å². The Balaban J connectivity index is 2.36. The highest BCUT2D eigenvalue weighted by molar-refractivity contribution is 5.99. The monoisotopic (exact) mass is 246 g/mol. The van der Waals surface area contributed by atoms with Gasteiger partial charge >= 0.3 is 0 Å². The molecular weight excluding hydrogens is 228 g/mol. The van der Waals surface area contributed by atoms with Gasteiger partial charge in [-0.25, -0.2) is 0 Å². The Morgan fingerprint density at radius 2 is 2.17 bits per heavy atom. The van der Waals surface area contributed by atoms with E-state index in [1.807, 2.05) is 25.1 Å². The molecule has 0 aliphatic rings. The predicted molar refractivity (Wildman–Crippen MR) is 71.8 cm³/mol. The minimum absolute atomic E-state index is 0.0654. The minimum atomic E-state index is -0.244. The zero-order valence-electron chi connectivity index (χ0n) is 10.9. The fourth-order valence-electron chi connectivity index (χ4n) is 1.93. The van der Waals surface area contributed by atoms with Gasteiger partial charge in [0.2, 0.25) is 0 Å². The number of hydrogen-bond acceptors (Lipinski definition) is 2. The van der Waals surface area contributed by atoms with E-state index in [1.54, 1.807) is 6.92 Å². The smallest absolute Gasteiger partial charge is 0.268 e. The van der Waals surface area contributed by atoms with Crippen molar-refractivity contribution in [2.24, 2.45) is 0 Å². The maximum Gasteiger partial charge on any atom is 0.268 e. The molecule has 2 rings (SSSR count). The Morgan fingerprint density at radius 1 is 1.44 bits per heavy atom. The van der Waals surface area contributed by atoms with Crippen LogP contribution >= 0.6 is 0 Å². The number of H-pyrrole nitrogens is 1. The van der Waals surface area contributed by atoms with E-state index in [0.29, 0.717) is 5.69 Å². The highest BCUT2D eigenvalue weighted by atomic mass is 16.3. The number of hydrogen-bond donors (Lipinski definition) is 3. The van der Waals surface area contributed by atoms with E-state index in [2.05, 4.69) is 17.2 Å². The Labute approximate surface area is 106 Å². The summed E-state index contributed by atoms with van der Waals surface area (Å²) in [7, 11) is 0. The van der Waals surface area contributed by atoms with Crippen molar-refractivity contribution < 1.29 is 9.90 Å². The number of fused-ring (bicyclic) bond motifs is 1. The van der Waals surface area contributed by atoms with Crippen LogP contribution in [0.25, 0.3) is 10.9 Å². The molecule has 0 aliphatic carbocycles. The van der Waals surface area contributed by atoms with Gasteiger partial charge in [-0.2, -0.15) is 0 Å². The molecule has 0 saturated carbocycles. The lowest BCUT2D eigenvalue weighted by Gasteiger charge is -2.08. The van der Waals surface area contributed by atoms with E-state index in [1.165, 1.54) is 11.1 Å². The summed E-state index contributed by atoms with van der Waals surface area (Å²) in [5.41, 5.74) is 3.87. The lowest BCUT2D eigenvalue weighted by molar-refractivity contribution is 0.0918. The first-order valence-electron chi connectivity index (χ1n) is 6.03. The van der Waals surface area contributed by atoms with Crippen molar-refractivity contribution in [1.82, 2.24) is 10.3 Å². The average molecular weight is 246 g/mol. The van der Waals surface area contributed by atoms with Crippen molar-refractivity contribution in [3.8, 4) is 0 Å². The lowest BCUT2D eigenvalue weighted by Crippen LogP contribution is -2.35. The van der Waals surface area contributed by atoms with Gasteiger partial charge in [0.15, 0.2) is 0 Å². The fraction of sp³-hybridized carbons (Fsp3) is 0.357. The summed E-state index contributed by atoms with van der Waals surface area (Å²) in [6.45, 7) is 5.79. The summed E-state index contributed by atoms with van der Waals surface area (Å²) in [5.74, 6) is -0.190. The number of carbonyl (C=O) groups is 1. The van der Waals surface area contributed by atoms with Crippen LogP contribution in [0.1, 0.15) is 28.5 Å². The molecule has 0 bridgehead atoms. The lowest BCUT2D eigenvalue weighted by atomic mass is 10.1. The summed E-state index contributed by atoms with van der Waals surface area (Å²) in [4.78, 5) is 15.0. The van der Waals surface area contributed by atoms with Crippen LogP contribution in [-0.2, 0) is 0 Å².